The number of nitrogens with one attached hydrogen (secondary N) is 2. The summed E-state index contributed by atoms with van der Waals surface area (Å²) in [7, 11) is 3.96. The average molecular weight is 144 g/mol. The number of hydrogen-bond acceptors (Lipinski definition) is 1. The molecule has 1 aliphatic heterocycles. The Morgan fingerprint density at radius 2 is 2.10 bits per heavy atom. The minimum absolute atomic E-state index is 0.698. The topological polar surface area (TPSA) is 16.5 Å². The van der Waals surface area contributed by atoms with E-state index in [4.69, 9.17) is 0 Å². The van der Waals surface area contributed by atoms with Crippen molar-refractivity contribution >= 4 is 0 Å². The van der Waals surface area contributed by atoms with Crippen LogP contribution in [0.4, 0.5) is 0 Å². The van der Waals surface area contributed by atoms with Crippen molar-refractivity contribution in [2.75, 3.05) is 19.6 Å². The third-order valence-corrected chi connectivity index (χ3v) is 1.77. The van der Waals surface area contributed by atoms with Gasteiger partial charge in [-0.15, -0.1) is 0 Å². The highest BCUT2D eigenvalue weighted by molar-refractivity contribution is 4.58. The van der Waals surface area contributed by atoms with E-state index >= 15 is 0 Å². The average Bonchev–Trinajstić information content (AvgIpc) is 2.00. The van der Waals surface area contributed by atoms with Gasteiger partial charge in [-0.25, -0.2) is 0 Å². The summed E-state index contributed by atoms with van der Waals surface area (Å²) in [5, 5.41) is 3.30. The smallest absolute Gasteiger partial charge is 0.0733 e. The fourth-order valence-corrected chi connectivity index (χ4v) is 0.958. The molecule has 0 aromatic carbocycles. The van der Waals surface area contributed by atoms with E-state index in [9.17, 15) is 0 Å². The second-order valence-corrected chi connectivity index (χ2v) is 2.51. The van der Waals surface area contributed by atoms with E-state index in [0.717, 1.165) is 13.1 Å². The lowest BCUT2D eigenvalue weighted by Crippen LogP contribution is -3.13. The summed E-state index contributed by atoms with van der Waals surface area (Å²) >= 11 is 0. The molecule has 2 atom stereocenters. The molecule has 1 saturated heterocycles. The lowest BCUT2D eigenvalue weighted by molar-refractivity contribution is -0.880. The van der Waals surface area contributed by atoms with Crippen LogP contribution < -0.4 is 10.2 Å². The SMILES string of the molecule is CC.[CH2-][NH+]1CCNC[C@@H]1C. The molecule has 1 fully saturated rings. The molecular weight excluding hydrogens is 124 g/mol. The molecule has 0 spiro atoms. The van der Waals surface area contributed by atoms with Gasteiger partial charge in [0.05, 0.1) is 12.6 Å². The van der Waals surface area contributed by atoms with Gasteiger partial charge in [-0.3, -0.25) is 0 Å². The zero-order valence-corrected chi connectivity index (χ0v) is 7.41. The first kappa shape index (κ1) is 9.92. The Kier molecular flexibility index (Phi) is 5.64. The maximum atomic E-state index is 3.96. The minimum Gasteiger partial charge on any atom is -0.464 e. The summed E-state index contributed by atoms with van der Waals surface area (Å²) in [5.41, 5.74) is 0. The van der Waals surface area contributed by atoms with Crippen LogP contribution >= 0.6 is 0 Å². The molecule has 0 aromatic heterocycles. The van der Waals surface area contributed by atoms with Gasteiger partial charge in [0.15, 0.2) is 0 Å². The summed E-state index contributed by atoms with van der Waals surface area (Å²) in [6, 6.07) is 0.698. The van der Waals surface area contributed by atoms with E-state index in [1.165, 1.54) is 11.4 Å². The van der Waals surface area contributed by atoms with E-state index < -0.39 is 0 Å². The normalized spacial score (nSPS) is 32.4. The Bertz CT molecular complexity index is 63.7. The van der Waals surface area contributed by atoms with Crippen molar-refractivity contribution in [1.82, 2.24) is 5.32 Å². The first-order valence-electron chi connectivity index (χ1n) is 4.19. The van der Waals surface area contributed by atoms with Crippen molar-refractivity contribution < 1.29 is 4.90 Å². The second kappa shape index (κ2) is 5.69. The molecule has 0 radical (unpaired) electrons. The Hall–Kier alpha value is -0.0800. The Morgan fingerprint density at radius 3 is 2.40 bits per heavy atom. The van der Waals surface area contributed by atoms with Crippen molar-refractivity contribution in [2.24, 2.45) is 0 Å². The number of hydrogen-bond donors (Lipinski definition) is 2. The second-order valence-electron chi connectivity index (χ2n) is 2.51. The molecule has 0 saturated carbocycles. The number of piperazine rings is 1. The molecule has 62 valence electrons. The molecule has 0 aromatic rings. The molecular formula is C8H20N2. The van der Waals surface area contributed by atoms with Gasteiger partial charge >= 0.3 is 0 Å². The van der Waals surface area contributed by atoms with Crippen LogP contribution in [0, 0.1) is 7.05 Å². The third-order valence-electron chi connectivity index (χ3n) is 1.77. The Morgan fingerprint density at radius 1 is 1.50 bits per heavy atom. The van der Waals surface area contributed by atoms with Gasteiger partial charge in [-0.1, -0.05) is 13.8 Å². The molecule has 2 nitrogen and oxygen atoms in total. The maximum Gasteiger partial charge on any atom is 0.0733 e. The summed E-state index contributed by atoms with van der Waals surface area (Å²) in [6.45, 7) is 9.64. The molecule has 0 bridgehead atoms. The minimum atomic E-state index is 0.698. The summed E-state index contributed by atoms with van der Waals surface area (Å²) < 4.78 is 0. The lowest BCUT2D eigenvalue weighted by Gasteiger charge is -2.32. The van der Waals surface area contributed by atoms with Crippen molar-refractivity contribution in [3.05, 3.63) is 7.05 Å². The first-order chi connectivity index (χ1) is 4.80. The molecule has 0 amide bonds. The predicted octanol–water partition coefficient (Wildman–Crippen LogP) is -0.319. The highest BCUT2D eigenvalue weighted by atomic mass is 15.2. The van der Waals surface area contributed by atoms with Crippen LogP contribution in [0.5, 0.6) is 0 Å². The standard InChI is InChI=1S/C6H14N2.C2H6/c1-6-5-7-3-4-8(6)2;1-2/h6-8H,2-5H2,1H3;1-2H3/t6-;/m0./s1. The van der Waals surface area contributed by atoms with Gasteiger partial charge in [0, 0.05) is 13.1 Å². The van der Waals surface area contributed by atoms with Gasteiger partial charge in [-0.05, 0) is 6.92 Å². The van der Waals surface area contributed by atoms with Crippen molar-refractivity contribution in [3.63, 3.8) is 0 Å². The van der Waals surface area contributed by atoms with E-state index in [0.29, 0.717) is 6.04 Å². The third kappa shape index (κ3) is 3.18. The maximum absolute atomic E-state index is 3.96. The monoisotopic (exact) mass is 144 g/mol. The van der Waals surface area contributed by atoms with Gasteiger partial charge in [0.1, 0.15) is 0 Å². The Labute approximate surface area is 64.6 Å². The molecule has 2 heteroatoms. The van der Waals surface area contributed by atoms with Crippen LogP contribution in [0.25, 0.3) is 0 Å². The molecule has 10 heavy (non-hydrogen) atoms. The lowest BCUT2D eigenvalue weighted by atomic mass is 10.2. The molecule has 1 rings (SSSR count). The fraction of sp³-hybridized carbons (Fsp3) is 0.875. The van der Waals surface area contributed by atoms with Crippen LogP contribution in [-0.4, -0.2) is 25.7 Å². The quantitative estimate of drug-likeness (QED) is 0.446. The van der Waals surface area contributed by atoms with Crippen LogP contribution in [0.15, 0.2) is 0 Å². The Balaban J connectivity index is 0.000000371. The van der Waals surface area contributed by atoms with Crippen LogP contribution in [0.3, 0.4) is 0 Å². The molecule has 1 unspecified atom stereocenters. The van der Waals surface area contributed by atoms with Crippen LogP contribution in [0.2, 0.25) is 0 Å². The molecule has 0 aliphatic carbocycles. The van der Waals surface area contributed by atoms with E-state index in [2.05, 4.69) is 19.3 Å². The highest BCUT2D eigenvalue weighted by Crippen LogP contribution is 1.74. The van der Waals surface area contributed by atoms with Crippen LogP contribution in [-0.2, 0) is 0 Å². The fourth-order valence-electron chi connectivity index (χ4n) is 0.958. The largest absolute Gasteiger partial charge is 0.464 e. The molecule has 2 N–H and O–H groups in total. The van der Waals surface area contributed by atoms with Crippen molar-refractivity contribution in [1.29, 1.82) is 0 Å². The summed E-state index contributed by atoms with van der Waals surface area (Å²) in [5.74, 6) is 0. The first-order valence-corrected chi connectivity index (χ1v) is 4.19. The zero-order valence-electron chi connectivity index (χ0n) is 7.41. The van der Waals surface area contributed by atoms with Crippen molar-refractivity contribution in [2.45, 2.75) is 26.8 Å². The van der Waals surface area contributed by atoms with Gasteiger partial charge in [0.25, 0.3) is 0 Å². The van der Waals surface area contributed by atoms with Gasteiger partial charge < -0.3 is 10.2 Å². The molecule has 1 heterocycles. The number of quaternary nitrogens is 1. The van der Waals surface area contributed by atoms with Gasteiger partial charge in [-0.2, -0.15) is 7.05 Å². The van der Waals surface area contributed by atoms with E-state index in [1.54, 1.807) is 0 Å². The van der Waals surface area contributed by atoms with Crippen molar-refractivity contribution in [3.8, 4) is 0 Å². The summed E-state index contributed by atoms with van der Waals surface area (Å²) in [6.07, 6.45) is 0. The highest BCUT2D eigenvalue weighted by Gasteiger charge is 2.11. The van der Waals surface area contributed by atoms with E-state index in [1.807, 2.05) is 13.8 Å². The summed E-state index contributed by atoms with van der Waals surface area (Å²) in [4.78, 5) is 1.41. The van der Waals surface area contributed by atoms with E-state index in [-0.39, 0.29) is 0 Å². The van der Waals surface area contributed by atoms with Gasteiger partial charge in [0.2, 0.25) is 0 Å². The van der Waals surface area contributed by atoms with Crippen LogP contribution in [0.1, 0.15) is 20.8 Å². The number of rotatable bonds is 0. The zero-order chi connectivity index (χ0) is 7.98. The predicted molar refractivity (Wildman–Crippen MR) is 44.9 cm³/mol. The molecule has 1 aliphatic rings.